The second kappa shape index (κ2) is 2.31. The minimum absolute atomic E-state index is 0.106. The summed E-state index contributed by atoms with van der Waals surface area (Å²) in [5.74, 6) is -0.963. The molecule has 1 heterocycles. The number of rotatable bonds is 1. The fraction of sp³-hybridized carbons (Fsp3) is 0.800. The van der Waals surface area contributed by atoms with E-state index in [1.807, 2.05) is 0 Å². The van der Waals surface area contributed by atoms with E-state index < -0.39 is 18.2 Å². The Morgan fingerprint density at radius 1 is 1.78 bits per heavy atom. The number of hydrogen-bond acceptors (Lipinski definition) is 2. The molecule has 0 bridgehead atoms. The number of alkyl halides is 1. The number of halogens is 1. The maximum Gasteiger partial charge on any atom is 0.320 e. The minimum atomic E-state index is -0.980. The van der Waals surface area contributed by atoms with Crippen LogP contribution in [0.3, 0.4) is 0 Å². The summed E-state index contributed by atoms with van der Waals surface area (Å²) >= 11 is 0. The fourth-order valence-corrected chi connectivity index (χ4v) is 0.881. The zero-order valence-electron chi connectivity index (χ0n) is 4.80. The lowest BCUT2D eigenvalue weighted by atomic mass is 10.2. The normalized spacial score (nSPS) is 34.8. The van der Waals surface area contributed by atoms with E-state index in [0.29, 0.717) is 0 Å². The smallest absolute Gasteiger partial charge is 0.320 e. The quantitative estimate of drug-likeness (QED) is 0.518. The van der Waals surface area contributed by atoms with Crippen LogP contribution in [0.25, 0.3) is 0 Å². The molecule has 3 nitrogen and oxygen atoms in total. The van der Waals surface area contributed by atoms with Crippen molar-refractivity contribution >= 4 is 5.97 Å². The first kappa shape index (κ1) is 6.48. The van der Waals surface area contributed by atoms with Crippen LogP contribution in [0.1, 0.15) is 6.42 Å². The van der Waals surface area contributed by atoms with Gasteiger partial charge >= 0.3 is 5.97 Å². The van der Waals surface area contributed by atoms with Crippen LogP contribution in [0.15, 0.2) is 0 Å². The molecule has 0 unspecified atom stereocenters. The Kier molecular flexibility index (Phi) is 1.66. The minimum Gasteiger partial charge on any atom is -0.480 e. The zero-order valence-corrected chi connectivity index (χ0v) is 4.80. The molecule has 0 aromatic rings. The number of carboxylic acids is 1. The van der Waals surface area contributed by atoms with Gasteiger partial charge in [0.15, 0.2) is 0 Å². The van der Waals surface area contributed by atoms with Gasteiger partial charge in [-0.1, -0.05) is 0 Å². The number of nitrogens with one attached hydrogen (secondary N) is 1. The first-order valence-corrected chi connectivity index (χ1v) is 2.80. The molecule has 1 aliphatic heterocycles. The van der Waals surface area contributed by atoms with Gasteiger partial charge in [0, 0.05) is 13.0 Å². The SMILES string of the molecule is O=C(O)[C@@H]1C[C@@H]([18F])CN1. The zero-order chi connectivity index (χ0) is 6.85. The number of carbonyl (C=O) groups is 1. The van der Waals surface area contributed by atoms with Crippen LogP contribution >= 0.6 is 0 Å². The second-order valence-corrected chi connectivity index (χ2v) is 2.13. The summed E-state index contributed by atoms with van der Waals surface area (Å²) in [4.78, 5) is 10.1. The van der Waals surface area contributed by atoms with Crippen LogP contribution in [0, 0.1) is 0 Å². The second-order valence-electron chi connectivity index (χ2n) is 2.13. The first-order valence-electron chi connectivity index (χ1n) is 2.80. The summed E-state index contributed by atoms with van der Waals surface area (Å²) in [6, 6.07) is -0.667. The van der Waals surface area contributed by atoms with Crippen LogP contribution in [-0.2, 0) is 4.79 Å². The first-order chi connectivity index (χ1) is 4.20. The van der Waals surface area contributed by atoms with Gasteiger partial charge in [0.2, 0.25) is 0 Å². The predicted molar refractivity (Wildman–Crippen MR) is 28.9 cm³/mol. The van der Waals surface area contributed by atoms with Gasteiger partial charge in [-0.05, 0) is 0 Å². The van der Waals surface area contributed by atoms with E-state index in [1.54, 1.807) is 0 Å². The van der Waals surface area contributed by atoms with Crippen LogP contribution < -0.4 is 5.32 Å². The Balaban J connectivity index is 2.39. The number of hydrogen-bond donors (Lipinski definition) is 2. The third kappa shape index (κ3) is 1.38. The standard InChI is InChI=1S/C5H8FNO2/c6-3-1-4(5(8)9)7-2-3/h3-4,7H,1-2H2,(H,8,9)/t3-,4+/m1/s1/i6-1. The Morgan fingerprint density at radius 3 is 2.67 bits per heavy atom. The molecule has 2 N–H and O–H groups in total. The maximum absolute atomic E-state index is 12.2. The predicted octanol–water partition coefficient (Wildman–Crippen LogP) is -0.229. The Bertz CT molecular complexity index is 128. The van der Waals surface area contributed by atoms with Crippen molar-refractivity contribution in [2.75, 3.05) is 6.54 Å². The lowest BCUT2D eigenvalue weighted by Crippen LogP contribution is -2.29. The van der Waals surface area contributed by atoms with Gasteiger partial charge in [0.1, 0.15) is 12.2 Å². The summed E-state index contributed by atoms with van der Waals surface area (Å²) in [5, 5.41) is 10.8. The highest BCUT2D eigenvalue weighted by Gasteiger charge is 2.28. The number of aliphatic carboxylic acids is 1. The highest BCUT2D eigenvalue weighted by molar-refractivity contribution is 5.73. The van der Waals surface area contributed by atoms with E-state index in [9.17, 15) is 9.18 Å². The van der Waals surface area contributed by atoms with Crippen LogP contribution in [0.5, 0.6) is 0 Å². The highest BCUT2D eigenvalue weighted by atomic mass is 18.2. The third-order valence-corrected chi connectivity index (χ3v) is 1.38. The molecule has 4 heteroatoms. The Morgan fingerprint density at radius 2 is 2.44 bits per heavy atom. The molecule has 52 valence electrons. The lowest BCUT2D eigenvalue weighted by molar-refractivity contribution is -0.139. The van der Waals surface area contributed by atoms with Gasteiger partial charge in [-0.15, -0.1) is 0 Å². The number of carboxylic acid groups (broad SMARTS) is 1. The monoisotopic (exact) mass is 132 g/mol. The summed E-state index contributed by atoms with van der Waals surface area (Å²) in [6.07, 6.45) is -0.874. The summed E-state index contributed by atoms with van der Waals surface area (Å²) in [7, 11) is 0. The van der Waals surface area contributed by atoms with Crippen LogP contribution in [-0.4, -0.2) is 29.8 Å². The van der Waals surface area contributed by atoms with E-state index in [-0.39, 0.29) is 13.0 Å². The van der Waals surface area contributed by atoms with E-state index in [2.05, 4.69) is 5.32 Å². The van der Waals surface area contributed by atoms with E-state index in [1.165, 1.54) is 0 Å². The molecule has 1 fully saturated rings. The molecule has 9 heavy (non-hydrogen) atoms. The molecule has 0 spiro atoms. The Hall–Kier alpha value is -0.640. The molecule has 1 saturated heterocycles. The average molecular weight is 132 g/mol. The molecule has 0 amide bonds. The molecule has 2 atom stereocenters. The van der Waals surface area contributed by atoms with Crippen molar-refractivity contribution in [3.63, 3.8) is 0 Å². The summed E-state index contributed by atoms with van der Waals surface area (Å²) in [5.41, 5.74) is 0. The Labute approximate surface area is 51.9 Å². The van der Waals surface area contributed by atoms with E-state index in [0.717, 1.165) is 0 Å². The summed E-state index contributed by atoms with van der Waals surface area (Å²) in [6.45, 7) is 0.178. The van der Waals surface area contributed by atoms with Crippen molar-refractivity contribution in [3.05, 3.63) is 0 Å². The molecule has 1 rings (SSSR count). The molecule has 0 aromatic heterocycles. The van der Waals surface area contributed by atoms with Crippen molar-refractivity contribution in [1.29, 1.82) is 0 Å². The van der Waals surface area contributed by atoms with Gasteiger partial charge in [-0.2, -0.15) is 0 Å². The van der Waals surface area contributed by atoms with Crippen molar-refractivity contribution in [2.45, 2.75) is 18.6 Å². The molecule has 0 aliphatic carbocycles. The van der Waals surface area contributed by atoms with Gasteiger partial charge in [-0.25, -0.2) is 4.39 Å². The molecule has 0 radical (unpaired) electrons. The van der Waals surface area contributed by atoms with Crippen LogP contribution in [0.2, 0.25) is 0 Å². The summed E-state index contributed by atoms with van der Waals surface area (Å²) < 4.78 is 12.2. The largest absolute Gasteiger partial charge is 0.480 e. The van der Waals surface area contributed by atoms with E-state index in [4.69, 9.17) is 5.11 Å². The van der Waals surface area contributed by atoms with Gasteiger partial charge in [0.25, 0.3) is 0 Å². The topological polar surface area (TPSA) is 49.3 Å². The van der Waals surface area contributed by atoms with E-state index >= 15 is 0 Å². The molecular formula is C5H8FNO2. The van der Waals surface area contributed by atoms with Gasteiger partial charge in [0.05, 0.1) is 0 Å². The molecule has 0 aromatic carbocycles. The fourth-order valence-electron chi connectivity index (χ4n) is 0.881. The van der Waals surface area contributed by atoms with Gasteiger partial charge in [-0.3, -0.25) is 4.79 Å². The maximum atomic E-state index is 12.2. The van der Waals surface area contributed by atoms with Crippen molar-refractivity contribution in [3.8, 4) is 0 Å². The van der Waals surface area contributed by atoms with Crippen molar-refractivity contribution in [2.24, 2.45) is 0 Å². The van der Waals surface area contributed by atoms with Gasteiger partial charge < -0.3 is 10.4 Å². The highest BCUT2D eigenvalue weighted by Crippen LogP contribution is 2.09. The molecule has 1 aliphatic rings. The third-order valence-electron chi connectivity index (χ3n) is 1.38. The van der Waals surface area contributed by atoms with Crippen molar-refractivity contribution in [1.82, 2.24) is 5.32 Å². The molecular weight excluding hydrogens is 124 g/mol. The molecule has 0 saturated carbocycles. The van der Waals surface area contributed by atoms with Crippen molar-refractivity contribution < 1.29 is 14.3 Å². The van der Waals surface area contributed by atoms with Crippen LogP contribution in [0.4, 0.5) is 4.39 Å². The lowest BCUT2D eigenvalue weighted by Gasteiger charge is -1.99. The average Bonchev–Trinajstić information content (AvgIpc) is 2.14.